The fraction of sp³-hybridized carbons (Fsp3) is 0.258. The normalized spacial score (nSPS) is 13.9. The number of nitrogens with zero attached hydrogens (tertiary/aromatic N) is 3. The number of hydrogen-bond acceptors (Lipinski definition) is 3. The van der Waals surface area contributed by atoms with Crippen molar-refractivity contribution in [3.05, 3.63) is 84.7 Å². The number of amides is 2. The first-order valence-electron chi connectivity index (χ1n) is 13.0. The average molecular weight is 510 g/mol. The first-order valence-corrected chi connectivity index (χ1v) is 13.0. The SMILES string of the molecule is C=CCCCn1cc(C2=C(c3cn(CCCCC(=O)O)c4ccccc34)C(=O)N(C)C2=O)c2ccccc21. The molecule has 0 saturated heterocycles. The van der Waals surface area contributed by atoms with E-state index in [-0.39, 0.29) is 18.2 Å². The molecule has 0 spiro atoms. The van der Waals surface area contributed by atoms with Crippen LogP contribution >= 0.6 is 0 Å². The van der Waals surface area contributed by atoms with Crippen molar-refractivity contribution in [1.29, 1.82) is 0 Å². The van der Waals surface area contributed by atoms with E-state index in [4.69, 9.17) is 5.11 Å². The number of rotatable bonds is 11. The van der Waals surface area contributed by atoms with E-state index in [2.05, 4.69) is 15.7 Å². The second kappa shape index (κ2) is 10.5. The van der Waals surface area contributed by atoms with Gasteiger partial charge in [0, 0.05) is 71.9 Å². The van der Waals surface area contributed by atoms with Gasteiger partial charge in [-0.3, -0.25) is 19.3 Å². The van der Waals surface area contributed by atoms with E-state index in [9.17, 15) is 14.4 Å². The van der Waals surface area contributed by atoms with Crippen LogP contribution in [0.15, 0.2) is 73.6 Å². The average Bonchev–Trinajstić information content (AvgIpc) is 3.53. The fourth-order valence-electron chi connectivity index (χ4n) is 5.37. The number of unbranched alkanes of at least 4 members (excludes halogenated alkanes) is 2. The van der Waals surface area contributed by atoms with Crippen LogP contribution in [0, 0.1) is 0 Å². The smallest absolute Gasteiger partial charge is 0.303 e. The van der Waals surface area contributed by atoms with Crippen LogP contribution in [-0.4, -0.2) is 44.0 Å². The maximum Gasteiger partial charge on any atom is 0.303 e. The largest absolute Gasteiger partial charge is 0.481 e. The van der Waals surface area contributed by atoms with Crippen molar-refractivity contribution < 1.29 is 19.5 Å². The van der Waals surface area contributed by atoms with Crippen LogP contribution < -0.4 is 0 Å². The summed E-state index contributed by atoms with van der Waals surface area (Å²) in [5, 5.41) is 10.8. The summed E-state index contributed by atoms with van der Waals surface area (Å²) in [6, 6.07) is 15.8. The van der Waals surface area contributed by atoms with Crippen LogP contribution in [-0.2, 0) is 27.5 Å². The van der Waals surface area contributed by atoms with Crippen LogP contribution in [0.3, 0.4) is 0 Å². The van der Waals surface area contributed by atoms with Crippen LogP contribution in [0.5, 0.6) is 0 Å². The molecule has 2 aromatic carbocycles. The molecule has 1 aliphatic heterocycles. The van der Waals surface area contributed by atoms with Crippen LogP contribution in [0.1, 0.15) is 43.2 Å². The summed E-state index contributed by atoms with van der Waals surface area (Å²) in [6.45, 7) is 5.22. The van der Waals surface area contributed by atoms with Crippen molar-refractivity contribution in [1.82, 2.24) is 14.0 Å². The first kappa shape index (κ1) is 25.3. The van der Waals surface area contributed by atoms with Crippen molar-refractivity contribution >= 4 is 50.7 Å². The summed E-state index contributed by atoms with van der Waals surface area (Å²) in [5.74, 6) is -1.43. The molecule has 2 amide bonds. The van der Waals surface area contributed by atoms with E-state index in [0.717, 1.165) is 52.3 Å². The Hall–Kier alpha value is -4.39. The summed E-state index contributed by atoms with van der Waals surface area (Å²) < 4.78 is 4.21. The number of aryl methyl sites for hydroxylation is 2. The molecule has 4 aromatic rings. The standard InChI is InChI=1S/C31H31N3O4/c1-3-4-10-17-33-19-23(21-12-5-7-14-25(21)33)28-29(31(38)32(2)30(28)37)24-20-34(18-11-9-16-27(35)36)26-15-8-6-13-22(24)26/h3,5-8,12-15,19-20H,1,4,9-11,16-18H2,2H3,(H,35,36). The molecule has 194 valence electrons. The molecule has 0 fully saturated rings. The quantitative estimate of drug-likeness (QED) is 0.159. The molecule has 0 bridgehead atoms. The predicted molar refractivity (Wildman–Crippen MR) is 149 cm³/mol. The number of carbonyl (C=O) groups is 3. The number of carboxylic acid groups (broad SMARTS) is 1. The molecule has 7 heteroatoms. The predicted octanol–water partition coefficient (Wildman–Crippen LogP) is 5.73. The van der Waals surface area contributed by atoms with Gasteiger partial charge in [0.05, 0.1) is 11.1 Å². The molecule has 38 heavy (non-hydrogen) atoms. The Bertz CT molecular complexity index is 1600. The highest BCUT2D eigenvalue weighted by Gasteiger charge is 2.39. The zero-order valence-electron chi connectivity index (χ0n) is 21.5. The van der Waals surface area contributed by atoms with E-state index in [1.807, 2.05) is 67.0 Å². The maximum absolute atomic E-state index is 13.6. The second-order valence-electron chi connectivity index (χ2n) is 9.71. The summed E-state index contributed by atoms with van der Waals surface area (Å²) in [5.41, 5.74) is 4.28. The lowest BCUT2D eigenvalue weighted by atomic mass is 9.95. The molecule has 1 aliphatic rings. The van der Waals surface area contributed by atoms with Crippen molar-refractivity contribution in [2.75, 3.05) is 7.05 Å². The third-order valence-corrected chi connectivity index (χ3v) is 7.25. The van der Waals surface area contributed by atoms with E-state index in [1.165, 1.54) is 11.9 Å². The third kappa shape index (κ3) is 4.45. The molecule has 0 unspecified atom stereocenters. The molecule has 0 saturated carbocycles. The Kier molecular flexibility index (Phi) is 7.01. The molecular weight excluding hydrogens is 478 g/mol. The van der Waals surface area contributed by atoms with Gasteiger partial charge < -0.3 is 14.2 Å². The number of allylic oxidation sites excluding steroid dienone is 1. The van der Waals surface area contributed by atoms with Gasteiger partial charge in [-0.1, -0.05) is 42.5 Å². The van der Waals surface area contributed by atoms with Gasteiger partial charge in [0.2, 0.25) is 0 Å². The number of aromatic nitrogens is 2. The number of carboxylic acids is 1. The van der Waals surface area contributed by atoms with Crippen LogP contribution in [0.4, 0.5) is 0 Å². The minimum atomic E-state index is -0.806. The highest BCUT2D eigenvalue weighted by atomic mass is 16.4. The van der Waals surface area contributed by atoms with Gasteiger partial charge in [-0.2, -0.15) is 0 Å². The lowest BCUT2D eigenvalue weighted by Gasteiger charge is -2.06. The summed E-state index contributed by atoms with van der Waals surface area (Å²) in [7, 11) is 1.53. The number of benzene rings is 2. The molecule has 0 aliphatic carbocycles. The number of imide groups is 1. The minimum Gasteiger partial charge on any atom is -0.481 e. The third-order valence-electron chi connectivity index (χ3n) is 7.25. The first-order chi connectivity index (χ1) is 18.4. The number of para-hydroxylation sites is 2. The Labute approximate surface area is 221 Å². The molecular formula is C31H31N3O4. The highest BCUT2D eigenvalue weighted by molar-refractivity contribution is 6.50. The van der Waals surface area contributed by atoms with Crippen molar-refractivity contribution in [3.63, 3.8) is 0 Å². The van der Waals surface area contributed by atoms with Crippen LogP contribution in [0.25, 0.3) is 33.0 Å². The molecule has 7 nitrogen and oxygen atoms in total. The molecule has 2 aromatic heterocycles. The molecule has 0 radical (unpaired) electrons. The minimum absolute atomic E-state index is 0.121. The molecule has 3 heterocycles. The highest BCUT2D eigenvalue weighted by Crippen LogP contribution is 2.41. The Morgan fingerprint density at radius 2 is 1.32 bits per heavy atom. The van der Waals surface area contributed by atoms with Crippen molar-refractivity contribution in [3.8, 4) is 0 Å². The molecule has 0 atom stereocenters. The summed E-state index contributed by atoms with van der Waals surface area (Å²) in [4.78, 5) is 39.3. The second-order valence-corrected chi connectivity index (χ2v) is 9.71. The topological polar surface area (TPSA) is 84.5 Å². The van der Waals surface area contributed by atoms with Crippen molar-refractivity contribution in [2.24, 2.45) is 0 Å². The summed E-state index contributed by atoms with van der Waals surface area (Å²) >= 11 is 0. The Morgan fingerprint density at radius 3 is 1.82 bits per heavy atom. The van der Waals surface area contributed by atoms with E-state index >= 15 is 0 Å². The number of likely N-dealkylation sites (N-methyl/N-ethyl adjacent to an activating group) is 1. The zero-order valence-corrected chi connectivity index (χ0v) is 21.5. The van der Waals surface area contributed by atoms with Gasteiger partial charge in [-0.25, -0.2) is 0 Å². The van der Waals surface area contributed by atoms with Gasteiger partial charge in [-0.15, -0.1) is 6.58 Å². The van der Waals surface area contributed by atoms with E-state index < -0.39 is 5.97 Å². The lowest BCUT2D eigenvalue weighted by molar-refractivity contribution is -0.137. The van der Waals surface area contributed by atoms with Gasteiger partial charge in [0.25, 0.3) is 11.8 Å². The Morgan fingerprint density at radius 1 is 0.816 bits per heavy atom. The van der Waals surface area contributed by atoms with Crippen LogP contribution in [0.2, 0.25) is 0 Å². The zero-order chi connectivity index (χ0) is 26.8. The van der Waals surface area contributed by atoms with Gasteiger partial charge in [0.1, 0.15) is 0 Å². The summed E-state index contributed by atoms with van der Waals surface area (Å²) in [6.07, 6.45) is 9.04. The molecule has 1 N–H and O–H groups in total. The lowest BCUT2D eigenvalue weighted by Crippen LogP contribution is -2.26. The number of aliphatic carboxylic acids is 1. The maximum atomic E-state index is 13.6. The number of hydrogen-bond donors (Lipinski definition) is 1. The number of carbonyl (C=O) groups excluding carboxylic acids is 2. The van der Waals surface area contributed by atoms with Gasteiger partial charge in [0.15, 0.2) is 0 Å². The molecule has 5 rings (SSSR count). The number of fused-ring (bicyclic) bond motifs is 2. The Balaban J connectivity index is 1.67. The monoisotopic (exact) mass is 509 g/mol. The van der Waals surface area contributed by atoms with Gasteiger partial charge in [-0.05, 0) is 37.8 Å². The van der Waals surface area contributed by atoms with E-state index in [1.54, 1.807) is 0 Å². The van der Waals surface area contributed by atoms with Gasteiger partial charge >= 0.3 is 5.97 Å². The van der Waals surface area contributed by atoms with E-state index in [0.29, 0.717) is 30.5 Å². The van der Waals surface area contributed by atoms with Crippen molar-refractivity contribution in [2.45, 2.75) is 45.2 Å². The fourth-order valence-corrected chi connectivity index (χ4v) is 5.37.